The SMILES string of the molecule is CCCC1CN(C2CCC(NC)CC2)C(=O)N1. The fraction of sp³-hybridized carbons (Fsp3) is 0.923. The molecule has 1 aliphatic carbocycles. The number of rotatable bonds is 4. The summed E-state index contributed by atoms with van der Waals surface area (Å²) >= 11 is 0. The number of hydrogen-bond acceptors (Lipinski definition) is 2. The molecule has 1 saturated heterocycles. The lowest BCUT2D eigenvalue weighted by Gasteiger charge is -2.33. The lowest BCUT2D eigenvalue weighted by molar-refractivity contribution is 0.170. The normalized spacial score (nSPS) is 33.9. The van der Waals surface area contributed by atoms with E-state index in [4.69, 9.17) is 0 Å². The second-order valence-corrected chi connectivity index (χ2v) is 5.38. The van der Waals surface area contributed by atoms with Gasteiger partial charge in [-0.15, -0.1) is 0 Å². The lowest BCUT2D eigenvalue weighted by Crippen LogP contribution is -2.43. The van der Waals surface area contributed by atoms with E-state index in [1.54, 1.807) is 0 Å². The minimum atomic E-state index is 0.163. The van der Waals surface area contributed by atoms with Crippen molar-refractivity contribution in [3.05, 3.63) is 0 Å². The molecule has 2 aliphatic rings. The summed E-state index contributed by atoms with van der Waals surface area (Å²) in [5.41, 5.74) is 0. The largest absolute Gasteiger partial charge is 0.333 e. The van der Waals surface area contributed by atoms with Gasteiger partial charge in [0.05, 0.1) is 0 Å². The first-order valence-corrected chi connectivity index (χ1v) is 6.99. The zero-order chi connectivity index (χ0) is 12.3. The third-order valence-corrected chi connectivity index (χ3v) is 4.19. The molecule has 1 saturated carbocycles. The average Bonchev–Trinajstić information content (AvgIpc) is 2.71. The first kappa shape index (κ1) is 12.7. The third kappa shape index (κ3) is 2.92. The van der Waals surface area contributed by atoms with Crippen molar-refractivity contribution in [1.82, 2.24) is 15.5 Å². The molecule has 2 rings (SSSR count). The number of hydrogen-bond donors (Lipinski definition) is 2. The van der Waals surface area contributed by atoms with E-state index in [2.05, 4.69) is 22.5 Å². The molecular weight excluding hydrogens is 214 g/mol. The molecule has 2 fully saturated rings. The van der Waals surface area contributed by atoms with Crippen molar-refractivity contribution < 1.29 is 4.79 Å². The number of carbonyl (C=O) groups excluding carboxylic acids is 1. The Labute approximate surface area is 104 Å². The number of carbonyl (C=O) groups is 1. The Hall–Kier alpha value is -0.770. The molecule has 0 spiro atoms. The van der Waals surface area contributed by atoms with E-state index in [1.165, 1.54) is 12.8 Å². The molecular formula is C13H25N3O. The second kappa shape index (κ2) is 5.71. The standard InChI is InChI=1S/C13H25N3O/c1-3-4-11-9-16(13(17)15-11)12-7-5-10(14-2)6-8-12/h10-12,14H,3-9H2,1-2H3,(H,15,17). The van der Waals surface area contributed by atoms with Crippen LogP contribution >= 0.6 is 0 Å². The summed E-state index contributed by atoms with van der Waals surface area (Å²) in [5, 5.41) is 6.43. The van der Waals surface area contributed by atoms with E-state index in [1.807, 2.05) is 7.05 Å². The van der Waals surface area contributed by atoms with Crippen molar-refractivity contribution in [3.8, 4) is 0 Å². The zero-order valence-corrected chi connectivity index (χ0v) is 11.0. The summed E-state index contributed by atoms with van der Waals surface area (Å²) in [5.74, 6) is 0. The maximum atomic E-state index is 11.9. The van der Waals surface area contributed by atoms with E-state index in [9.17, 15) is 4.79 Å². The van der Waals surface area contributed by atoms with Crippen LogP contribution in [-0.2, 0) is 0 Å². The van der Waals surface area contributed by atoms with Crippen LogP contribution in [0.15, 0.2) is 0 Å². The van der Waals surface area contributed by atoms with Crippen LogP contribution in [0.4, 0.5) is 4.79 Å². The quantitative estimate of drug-likeness (QED) is 0.784. The Kier molecular flexibility index (Phi) is 4.26. The van der Waals surface area contributed by atoms with Crippen molar-refractivity contribution in [2.75, 3.05) is 13.6 Å². The monoisotopic (exact) mass is 239 g/mol. The van der Waals surface area contributed by atoms with Gasteiger partial charge in [0.2, 0.25) is 0 Å². The summed E-state index contributed by atoms with van der Waals surface area (Å²) in [7, 11) is 2.03. The van der Waals surface area contributed by atoms with Crippen LogP contribution < -0.4 is 10.6 Å². The molecule has 0 aromatic rings. The van der Waals surface area contributed by atoms with Gasteiger partial charge in [-0.05, 0) is 39.2 Å². The van der Waals surface area contributed by atoms with Crippen molar-refractivity contribution >= 4 is 6.03 Å². The third-order valence-electron chi connectivity index (χ3n) is 4.19. The Bertz CT molecular complexity index is 261. The predicted octanol–water partition coefficient (Wildman–Crippen LogP) is 1.71. The molecule has 0 aromatic carbocycles. The highest BCUT2D eigenvalue weighted by Crippen LogP contribution is 2.25. The van der Waals surface area contributed by atoms with E-state index in [0.717, 1.165) is 32.2 Å². The number of nitrogens with zero attached hydrogens (tertiary/aromatic N) is 1. The molecule has 1 unspecified atom stereocenters. The van der Waals surface area contributed by atoms with Crippen molar-refractivity contribution in [1.29, 1.82) is 0 Å². The topological polar surface area (TPSA) is 44.4 Å². The van der Waals surface area contributed by atoms with Gasteiger partial charge in [-0.2, -0.15) is 0 Å². The Morgan fingerprint density at radius 1 is 1.35 bits per heavy atom. The van der Waals surface area contributed by atoms with Gasteiger partial charge in [0.15, 0.2) is 0 Å². The molecule has 2 amide bonds. The highest BCUT2D eigenvalue weighted by atomic mass is 16.2. The van der Waals surface area contributed by atoms with E-state index in [-0.39, 0.29) is 6.03 Å². The van der Waals surface area contributed by atoms with Gasteiger partial charge in [0, 0.05) is 24.7 Å². The van der Waals surface area contributed by atoms with Crippen molar-refractivity contribution in [3.63, 3.8) is 0 Å². The summed E-state index contributed by atoms with van der Waals surface area (Å²) in [6.07, 6.45) is 6.95. The Balaban J connectivity index is 1.84. The van der Waals surface area contributed by atoms with Gasteiger partial charge >= 0.3 is 6.03 Å². The van der Waals surface area contributed by atoms with Crippen LogP contribution in [0.3, 0.4) is 0 Å². The summed E-state index contributed by atoms with van der Waals surface area (Å²) in [6, 6.07) is 1.68. The van der Waals surface area contributed by atoms with Crippen LogP contribution in [0.25, 0.3) is 0 Å². The minimum Gasteiger partial charge on any atom is -0.333 e. The first-order valence-electron chi connectivity index (χ1n) is 6.99. The van der Waals surface area contributed by atoms with E-state index >= 15 is 0 Å². The second-order valence-electron chi connectivity index (χ2n) is 5.38. The Morgan fingerprint density at radius 3 is 2.65 bits per heavy atom. The zero-order valence-electron chi connectivity index (χ0n) is 11.0. The maximum Gasteiger partial charge on any atom is 0.317 e. The molecule has 0 aromatic heterocycles. The molecule has 1 atom stereocenters. The smallest absolute Gasteiger partial charge is 0.317 e. The first-order chi connectivity index (χ1) is 8.24. The molecule has 17 heavy (non-hydrogen) atoms. The number of urea groups is 1. The molecule has 0 bridgehead atoms. The van der Waals surface area contributed by atoms with Gasteiger partial charge < -0.3 is 15.5 Å². The fourth-order valence-electron chi connectivity index (χ4n) is 3.13. The summed E-state index contributed by atoms with van der Waals surface area (Å²) < 4.78 is 0. The highest BCUT2D eigenvalue weighted by molar-refractivity contribution is 5.77. The maximum absolute atomic E-state index is 11.9. The van der Waals surface area contributed by atoms with Crippen LogP contribution in [-0.4, -0.2) is 42.6 Å². The van der Waals surface area contributed by atoms with Crippen molar-refractivity contribution in [2.45, 2.75) is 63.6 Å². The molecule has 1 aliphatic heterocycles. The van der Waals surface area contributed by atoms with Gasteiger partial charge in [-0.25, -0.2) is 4.79 Å². The molecule has 98 valence electrons. The van der Waals surface area contributed by atoms with Gasteiger partial charge in [0.25, 0.3) is 0 Å². The van der Waals surface area contributed by atoms with Crippen LogP contribution in [0.2, 0.25) is 0 Å². The minimum absolute atomic E-state index is 0.163. The molecule has 2 N–H and O–H groups in total. The van der Waals surface area contributed by atoms with Gasteiger partial charge in [0.1, 0.15) is 0 Å². The Morgan fingerprint density at radius 2 is 2.06 bits per heavy atom. The molecule has 4 heteroatoms. The van der Waals surface area contributed by atoms with Gasteiger partial charge in [-0.1, -0.05) is 13.3 Å². The lowest BCUT2D eigenvalue weighted by atomic mass is 9.90. The van der Waals surface area contributed by atoms with Gasteiger partial charge in [-0.3, -0.25) is 0 Å². The van der Waals surface area contributed by atoms with Crippen LogP contribution in [0.1, 0.15) is 45.4 Å². The predicted molar refractivity (Wildman–Crippen MR) is 69.0 cm³/mol. The molecule has 1 heterocycles. The summed E-state index contributed by atoms with van der Waals surface area (Å²) in [4.78, 5) is 14.0. The highest BCUT2D eigenvalue weighted by Gasteiger charge is 2.34. The number of amides is 2. The summed E-state index contributed by atoms with van der Waals surface area (Å²) in [6.45, 7) is 3.09. The molecule has 4 nitrogen and oxygen atoms in total. The average molecular weight is 239 g/mol. The van der Waals surface area contributed by atoms with Crippen LogP contribution in [0, 0.1) is 0 Å². The van der Waals surface area contributed by atoms with Crippen molar-refractivity contribution in [2.24, 2.45) is 0 Å². The molecule has 0 radical (unpaired) electrons. The number of nitrogens with one attached hydrogen (secondary N) is 2. The fourth-order valence-corrected chi connectivity index (χ4v) is 3.13. The van der Waals surface area contributed by atoms with Crippen LogP contribution in [0.5, 0.6) is 0 Å². The van der Waals surface area contributed by atoms with E-state index < -0.39 is 0 Å². The van der Waals surface area contributed by atoms with E-state index in [0.29, 0.717) is 18.1 Å².